The Bertz CT molecular complexity index is 1360. The van der Waals surface area contributed by atoms with Crippen molar-refractivity contribution in [3.63, 3.8) is 0 Å². The van der Waals surface area contributed by atoms with Gasteiger partial charge in [0.25, 0.3) is 0 Å². The molecule has 0 spiro atoms. The molecule has 0 heterocycles. The van der Waals surface area contributed by atoms with Gasteiger partial charge in [-0.1, -0.05) is 91.0 Å². The second kappa shape index (κ2) is 8.92. The van der Waals surface area contributed by atoms with Crippen LogP contribution in [0.3, 0.4) is 0 Å². The van der Waals surface area contributed by atoms with Gasteiger partial charge >= 0.3 is 0 Å². The van der Waals surface area contributed by atoms with Crippen LogP contribution in [0.15, 0.2) is 133 Å². The van der Waals surface area contributed by atoms with E-state index >= 15 is 0 Å². The fourth-order valence-corrected chi connectivity index (χ4v) is 4.97. The van der Waals surface area contributed by atoms with Crippen LogP contribution in [0.1, 0.15) is 11.1 Å². The van der Waals surface area contributed by atoms with Gasteiger partial charge in [-0.3, -0.25) is 0 Å². The molecular formula is C32H26N2. The third-order valence-corrected chi connectivity index (χ3v) is 6.60. The van der Waals surface area contributed by atoms with Crippen molar-refractivity contribution in [1.29, 1.82) is 0 Å². The normalized spacial score (nSPS) is 11.5. The first kappa shape index (κ1) is 20.3. The highest BCUT2D eigenvalue weighted by molar-refractivity contribution is 5.84. The van der Waals surface area contributed by atoms with Crippen LogP contribution in [0.5, 0.6) is 0 Å². The van der Waals surface area contributed by atoms with Crippen molar-refractivity contribution in [3.8, 4) is 11.1 Å². The molecule has 0 fully saturated rings. The van der Waals surface area contributed by atoms with Crippen molar-refractivity contribution in [3.05, 3.63) is 145 Å². The predicted molar refractivity (Wildman–Crippen MR) is 143 cm³/mol. The van der Waals surface area contributed by atoms with Gasteiger partial charge in [0, 0.05) is 29.2 Å². The molecule has 0 saturated carbocycles. The van der Waals surface area contributed by atoms with Crippen molar-refractivity contribution >= 4 is 22.7 Å². The summed E-state index contributed by atoms with van der Waals surface area (Å²) in [4.78, 5) is 4.83. The summed E-state index contributed by atoms with van der Waals surface area (Å²) in [5.41, 5.74) is 10.3. The quantitative estimate of drug-likeness (QED) is 0.242. The SMILES string of the molecule is c1ccc(N(CN(c2ccccc2)c2cccc3c2Cc2ccccc2-3)c2ccccc2)cc1. The number of fused-ring (bicyclic) bond motifs is 3. The molecule has 0 radical (unpaired) electrons. The van der Waals surface area contributed by atoms with Crippen LogP contribution >= 0.6 is 0 Å². The van der Waals surface area contributed by atoms with Gasteiger partial charge in [0.05, 0.1) is 6.67 Å². The average molecular weight is 439 g/mol. The molecule has 0 N–H and O–H groups in total. The van der Waals surface area contributed by atoms with Crippen LogP contribution in [-0.4, -0.2) is 6.67 Å². The number of anilines is 4. The molecule has 5 aromatic rings. The van der Waals surface area contributed by atoms with Crippen molar-refractivity contribution in [2.75, 3.05) is 16.5 Å². The fourth-order valence-electron chi connectivity index (χ4n) is 4.97. The first-order valence-corrected chi connectivity index (χ1v) is 11.8. The lowest BCUT2D eigenvalue weighted by atomic mass is 10.0. The highest BCUT2D eigenvalue weighted by Gasteiger charge is 2.25. The molecule has 164 valence electrons. The summed E-state index contributed by atoms with van der Waals surface area (Å²) in [5.74, 6) is 0. The summed E-state index contributed by atoms with van der Waals surface area (Å²) in [7, 11) is 0. The zero-order chi connectivity index (χ0) is 22.7. The summed E-state index contributed by atoms with van der Waals surface area (Å²) >= 11 is 0. The van der Waals surface area contributed by atoms with E-state index in [2.05, 4.69) is 143 Å². The summed E-state index contributed by atoms with van der Waals surface area (Å²) < 4.78 is 0. The molecule has 6 rings (SSSR count). The van der Waals surface area contributed by atoms with E-state index in [1.54, 1.807) is 0 Å². The van der Waals surface area contributed by atoms with E-state index in [1.165, 1.54) is 45.0 Å². The molecule has 0 amide bonds. The second-order valence-corrected chi connectivity index (χ2v) is 8.64. The van der Waals surface area contributed by atoms with Crippen molar-refractivity contribution < 1.29 is 0 Å². The van der Waals surface area contributed by atoms with E-state index in [-0.39, 0.29) is 0 Å². The second-order valence-electron chi connectivity index (χ2n) is 8.64. The van der Waals surface area contributed by atoms with Crippen LogP contribution in [0.4, 0.5) is 22.7 Å². The van der Waals surface area contributed by atoms with Crippen LogP contribution in [0.25, 0.3) is 11.1 Å². The lowest BCUT2D eigenvalue weighted by Gasteiger charge is -2.35. The molecule has 1 aliphatic rings. The average Bonchev–Trinajstić information content (AvgIpc) is 3.30. The molecule has 0 bridgehead atoms. The lowest BCUT2D eigenvalue weighted by Crippen LogP contribution is -2.32. The maximum absolute atomic E-state index is 2.45. The van der Waals surface area contributed by atoms with E-state index in [1.807, 2.05) is 0 Å². The lowest BCUT2D eigenvalue weighted by molar-refractivity contribution is 0.920. The summed E-state index contributed by atoms with van der Waals surface area (Å²) in [6, 6.07) is 47.5. The van der Waals surface area contributed by atoms with Gasteiger partial charge in [-0.05, 0) is 64.7 Å². The minimum absolute atomic E-state index is 0.699. The highest BCUT2D eigenvalue weighted by atomic mass is 15.3. The third-order valence-electron chi connectivity index (χ3n) is 6.60. The fraction of sp³-hybridized carbons (Fsp3) is 0.0625. The highest BCUT2D eigenvalue weighted by Crippen LogP contribution is 2.43. The smallest absolute Gasteiger partial charge is 0.1000 e. The van der Waals surface area contributed by atoms with Gasteiger partial charge in [-0.15, -0.1) is 0 Å². The summed E-state index contributed by atoms with van der Waals surface area (Å²) in [6.07, 6.45) is 0.960. The molecule has 2 nitrogen and oxygen atoms in total. The monoisotopic (exact) mass is 438 g/mol. The zero-order valence-electron chi connectivity index (χ0n) is 19.0. The van der Waals surface area contributed by atoms with Crippen molar-refractivity contribution in [2.24, 2.45) is 0 Å². The Morgan fingerprint density at radius 2 is 0.941 bits per heavy atom. The molecule has 0 atom stereocenters. The van der Waals surface area contributed by atoms with Crippen LogP contribution in [0.2, 0.25) is 0 Å². The number of hydrogen-bond donors (Lipinski definition) is 0. The van der Waals surface area contributed by atoms with E-state index < -0.39 is 0 Å². The largest absolute Gasteiger partial charge is 0.323 e. The summed E-state index contributed by atoms with van der Waals surface area (Å²) in [5, 5.41) is 0. The van der Waals surface area contributed by atoms with Crippen molar-refractivity contribution in [2.45, 2.75) is 6.42 Å². The first-order valence-electron chi connectivity index (χ1n) is 11.8. The van der Waals surface area contributed by atoms with E-state index in [0.29, 0.717) is 6.67 Å². The van der Waals surface area contributed by atoms with E-state index in [4.69, 9.17) is 0 Å². The maximum Gasteiger partial charge on any atom is 0.1000 e. The Morgan fingerprint density at radius 3 is 1.56 bits per heavy atom. The topological polar surface area (TPSA) is 6.48 Å². The maximum atomic E-state index is 2.45. The summed E-state index contributed by atoms with van der Waals surface area (Å²) in [6.45, 7) is 0.699. The Labute approximate surface area is 201 Å². The molecule has 5 aromatic carbocycles. The number of rotatable bonds is 6. The van der Waals surface area contributed by atoms with Crippen LogP contribution < -0.4 is 9.80 Å². The van der Waals surface area contributed by atoms with Gasteiger partial charge in [-0.25, -0.2) is 0 Å². The van der Waals surface area contributed by atoms with Gasteiger partial charge in [0.15, 0.2) is 0 Å². The molecule has 2 heteroatoms. The first-order chi connectivity index (χ1) is 16.9. The Balaban J connectivity index is 1.49. The molecule has 1 aliphatic carbocycles. The molecule has 0 saturated heterocycles. The molecular weight excluding hydrogens is 412 g/mol. The number of benzene rings is 5. The van der Waals surface area contributed by atoms with E-state index in [0.717, 1.165) is 6.42 Å². The van der Waals surface area contributed by atoms with Gasteiger partial charge in [0.1, 0.15) is 0 Å². The molecule has 0 aromatic heterocycles. The minimum atomic E-state index is 0.699. The Hall–Kier alpha value is -4.30. The van der Waals surface area contributed by atoms with Crippen LogP contribution in [-0.2, 0) is 6.42 Å². The number of para-hydroxylation sites is 3. The van der Waals surface area contributed by atoms with Gasteiger partial charge in [0.2, 0.25) is 0 Å². The molecule has 0 unspecified atom stereocenters. The van der Waals surface area contributed by atoms with Crippen molar-refractivity contribution in [1.82, 2.24) is 0 Å². The minimum Gasteiger partial charge on any atom is -0.323 e. The number of nitrogens with zero attached hydrogens (tertiary/aromatic N) is 2. The van der Waals surface area contributed by atoms with Crippen LogP contribution in [0, 0.1) is 0 Å². The standard InChI is InChI=1S/C32H26N2/c1-4-14-26(15-5-1)33(27-16-6-2-7-17-27)24-34(28-18-8-3-9-19-28)32-22-12-21-30-29-20-11-10-13-25(29)23-31(30)32/h1-22H,23-24H2. The Kier molecular flexibility index (Phi) is 5.33. The van der Waals surface area contributed by atoms with Gasteiger partial charge in [-0.2, -0.15) is 0 Å². The molecule has 0 aliphatic heterocycles. The zero-order valence-corrected chi connectivity index (χ0v) is 19.0. The predicted octanol–water partition coefficient (Wildman–Crippen LogP) is 8.19. The third kappa shape index (κ3) is 3.74. The Morgan fingerprint density at radius 1 is 0.441 bits per heavy atom. The molecule has 34 heavy (non-hydrogen) atoms. The number of hydrogen-bond acceptors (Lipinski definition) is 2. The van der Waals surface area contributed by atoms with Gasteiger partial charge < -0.3 is 9.80 Å². The van der Waals surface area contributed by atoms with E-state index in [9.17, 15) is 0 Å².